The van der Waals surface area contributed by atoms with E-state index in [-0.39, 0.29) is 17.8 Å². The summed E-state index contributed by atoms with van der Waals surface area (Å²) in [6, 6.07) is 3.31. The van der Waals surface area contributed by atoms with Gasteiger partial charge in [0.2, 0.25) is 5.82 Å². The lowest BCUT2D eigenvalue weighted by atomic mass is 9.94. The first-order chi connectivity index (χ1) is 13.0. The molecular weight excluding hydrogens is 377 g/mol. The lowest BCUT2D eigenvalue weighted by Crippen LogP contribution is -2.42. The van der Waals surface area contributed by atoms with E-state index in [2.05, 4.69) is 19.6 Å². The number of halogens is 3. The van der Waals surface area contributed by atoms with Gasteiger partial charge in [0, 0.05) is 36.5 Å². The fourth-order valence-corrected chi connectivity index (χ4v) is 2.95. The van der Waals surface area contributed by atoms with Crippen LogP contribution < -0.4 is 0 Å². The molecular formula is C18H21F3N4O3. The van der Waals surface area contributed by atoms with Gasteiger partial charge < -0.3 is 14.2 Å². The molecule has 1 aliphatic rings. The predicted octanol–water partition coefficient (Wildman–Crippen LogP) is 4.26. The van der Waals surface area contributed by atoms with Crippen LogP contribution in [-0.4, -0.2) is 44.8 Å². The van der Waals surface area contributed by atoms with Gasteiger partial charge in [-0.25, -0.2) is 4.79 Å². The zero-order valence-electron chi connectivity index (χ0n) is 15.8. The van der Waals surface area contributed by atoms with E-state index in [1.54, 1.807) is 17.0 Å². The van der Waals surface area contributed by atoms with Crippen molar-refractivity contribution >= 4 is 6.09 Å². The van der Waals surface area contributed by atoms with Crippen LogP contribution in [0.5, 0.6) is 0 Å². The third-order valence-electron chi connectivity index (χ3n) is 4.20. The van der Waals surface area contributed by atoms with Gasteiger partial charge in [0.1, 0.15) is 5.60 Å². The lowest BCUT2D eigenvalue weighted by molar-refractivity contribution is -0.159. The van der Waals surface area contributed by atoms with Gasteiger partial charge in [-0.3, -0.25) is 4.98 Å². The molecule has 0 aliphatic carbocycles. The number of aromatic nitrogens is 3. The lowest BCUT2D eigenvalue weighted by Gasteiger charge is -2.33. The molecule has 0 radical (unpaired) electrons. The van der Waals surface area contributed by atoms with E-state index in [4.69, 9.17) is 4.74 Å². The smallest absolute Gasteiger partial charge is 0.444 e. The summed E-state index contributed by atoms with van der Waals surface area (Å²) in [7, 11) is 0. The molecule has 0 saturated carbocycles. The topological polar surface area (TPSA) is 81.4 Å². The van der Waals surface area contributed by atoms with E-state index in [1.807, 2.05) is 20.8 Å². The highest BCUT2D eigenvalue weighted by molar-refractivity contribution is 5.68. The van der Waals surface area contributed by atoms with Crippen molar-refractivity contribution in [3.63, 3.8) is 0 Å². The van der Waals surface area contributed by atoms with E-state index in [9.17, 15) is 18.0 Å². The van der Waals surface area contributed by atoms with Gasteiger partial charge in [0.05, 0.1) is 0 Å². The Morgan fingerprint density at radius 1 is 1.29 bits per heavy atom. The minimum atomic E-state index is -4.69. The second kappa shape index (κ2) is 7.40. The first kappa shape index (κ1) is 20.1. The number of carbonyl (C=O) groups excluding carboxylic acids is 1. The van der Waals surface area contributed by atoms with Crippen LogP contribution in [0.15, 0.2) is 22.9 Å². The van der Waals surface area contributed by atoms with E-state index in [1.165, 1.54) is 6.20 Å². The van der Waals surface area contributed by atoms with Gasteiger partial charge in [0.25, 0.3) is 0 Å². The largest absolute Gasteiger partial charge is 0.471 e. The average molecular weight is 398 g/mol. The summed E-state index contributed by atoms with van der Waals surface area (Å²) in [5, 5.41) is 3.35. The number of likely N-dealkylation sites (tertiary alicyclic amines) is 1. The van der Waals surface area contributed by atoms with Crippen LogP contribution in [0.2, 0.25) is 0 Å². The zero-order valence-corrected chi connectivity index (χ0v) is 15.8. The van der Waals surface area contributed by atoms with Crippen molar-refractivity contribution in [2.75, 3.05) is 13.1 Å². The Balaban J connectivity index is 1.69. The number of nitrogens with zero attached hydrogens (tertiary/aromatic N) is 4. The summed E-state index contributed by atoms with van der Waals surface area (Å²) in [6.07, 6.45) is -1.97. The molecule has 2 aromatic heterocycles. The SMILES string of the molecule is CC(C)(C)OC(=O)N1CCCC(c2ccc(-c3noc(C(F)(F)F)n3)cn2)C1. The second-order valence-electron chi connectivity index (χ2n) is 7.66. The van der Waals surface area contributed by atoms with Crippen molar-refractivity contribution in [2.24, 2.45) is 0 Å². The monoisotopic (exact) mass is 398 g/mol. The third-order valence-corrected chi connectivity index (χ3v) is 4.20. The number of ether oxygens (including phenoxy) is 1. The van der Waals surface area contributed by atoms with Crippen LogP contribution in [0.3, 0.4) is 0 Å². The molecule has 0 aromatic carbocycles. The normalized spacial score (nSPS) is 18.2. The molecule has 1 atom stereocenters. The molecule has 0 bridgehead atoms. The summed E-state index contributed by atoms with van der Waals surface area (Å²) in [6.45, 7) is 6.53. The van der Waals surface area contributed by atoms with Crippen LogP contribution in [0.1, 0.15) is 51.1 Å². The zero-order chi connectivity index (χ0) is 20.5. The molecule has 1 fully saturated rings. The number of carbonyl (C=O) groups is 1. The molecule has 0 spiro atoms. The Morgan fingerprint density at radius 3 is 2.61 bits per heavy atom. The van der Waals surface area contributed by atoms with Crippen molar-refractivity contribution < 1.29 is 27.2 Å². The predicted molar refractivity (Wildman–Crippen MR) is 92.3 cm³/mol. The van der Waals surface area contributed by atoms with Crippen LogP contribution in [-0.2, 0) is 10.9 Å². The van der Waals surface area contributed by atoms with Gasteiger partial charge in [-0.1, -0.05) is 5.16 Å². The number of piperidine rings is 1. The number of hydrogen-bond donors (Lipinski definition) is 0. The summed E-state index contributed by atoms with van der Waals surface area (Å²) < 4.78 is 47.4. The number of hydrogen-bond acceptors (Lipinski definition) is 6. The van der Waals surface area contributed by atoms with Crippen molar-refractivity contribution in [1.82, 2.24) is 20.0 Å². The van der Waals surface area contributed by atoms with Gasteiger partial charge >= 0.3 is 18.2 Å². The number of alkyl halides is 3. The average Bonchev–Trinajstić information content (AvgIpc) is 3.11. The first-order valence-electron chi connectivity index (χ1n) is 8.88. The number of pyridine rings is 1. The van der Waals surface area contributed by atoms with Crippen LogP contribution in [0.4, 0.5) is 18.0 Å². The van der Waals surface area contributed by atoms with E-state index in [0.717, 1.165) is 18.5 Å². The Labute approximate surface area is 159 Å². The quantitative estimate of drug-likeness (QED) is 0.752. The molecule has 28 heavy (non-hydrogen) atoms. The third kappa shape index (κ3) is 4.79. The summed E-state index contributed by atoms with van der Waals surface area (Å²) in [5.41, 5.74) is 0.503. The van der Waals surface area contributed by atoms with Crippen molar-refractivity contribution in [1.29, 1.82) is 0 Å². The van der Waals surface area contributed by atoms with Crippen LogP contribution >= 0.6 is 0 Å². The summed E-state index contributed by atoms with van der Waals surface area (Å²) in [5.74, 6) is -1.55. The van der Waals surface area contributed by atoms with Gasteiger partial charge in [0.15, 0.2) is 0 Å². The Hall–Kier alpha value is -2.65. The standard InChI is InChI=1S/C18H21F3N4O3/c1-17(2,3)27-16(26)25-8-4-5-12(10-25)13-7-6-11(9-22-13)14-23-15(28-24-14)18(19,20)21/h6-7,9,12H,4-5,8,10H2,1-3H3. The minimum Gasteiger partial charge on any atom is -0.444 e. The van der Waals surface area contributed by atoms with Gasteiger partial charge in [-0.2, -0.15) is 18.2 Å². The molecule has 0 N–H and O–H groups in total. The van der Waals surface area contributed by atoms with E-state index < -0.39 is 17.7 Å². The number of amides is 1. The van der Waals surface area contributed by atoms with Gasteiger partial charge in [-0.05, 0) is 45.7 Å². The van der Waals surface area contributed by atoms with Crippen LogP contribution in [0.25, 0.3) is 11.4 Å². The first-order valence-corrected chi connectivity index (χ1v) is 8.88. The molecule has 3 heterocycles. The summed E-state index contributed by atoms with van der Waals surface area (Å²) >= 11 is 0. The van der Waals surface area contributed by atoms with Crippen molar-refractivity contribution in [2.45, 2.75) is 51.3 Å². The summed E-state index contributed by atoms with van der Waals surface area (Å²) in [4.78, 5) is 21.6. The fourth-order valence-electron chi connectivity index (χ4n) is 2.95. The highest BCUT2D eigenvalue weighted by atomic mass is 19.4. The molecule has 152 valence electrons. The Bertz CT molecular complexity index is 828. The fraction of sp³-hybridized carbons (Fsp3) is 0.556. The molecule has 3 rings (SSSR count). The maximum atomic E-state index is 12.6. The number of rotatable bonds is 2. The molecule has 1 saturated heterocycles. The molecule has 1 aliphatic heterocycles. The molecule has 1 unspecified atom stereocenters. The van der Waals surface area contributed by atoms with Crippen LogP contribution in [0, 0.1) is 0 Å². The molecule has 2 aromatic rings. The molecule has 1 amide bonds. The highest BCUT2D eigenvalue weighted by Crippen LogP contribution is 2.30. The van der Waals surface area contributed by atoms with Crippen molar-refractivity contribution in [3.05, 3.63) is 29.9 Å². The Morgan fingerprint density at radius 2 is 2.04 bits per heavy atom. The second-order valence-corrected chi connectivity index (χ2v) is 7.66. The highest BCUT2D eigenvalue weighted by Gasteiger charge is 2.38. The Kier molecular flexibility index (Phi) is 5.31. The van der Waals surface area contributed by atoms with Crippen molar-refractivity contribution in [3.8, 4) is 11.4 Å². The van der Waals surface area contributed by atoms with Gasteiger partial charge in [-0.15, -0.1) is 0 Å². The maximum absolute atomic E-state index is 12.6. The minimum absolute atomic E-state index is 0.0197. The molecule has 10 heteroatoms. The molecule has 7 nitrogen and oxygen atoms in total. The maximum Gasteiger partial charge on any atom is 0.471 e. The van der Waals surface area contributed by atoms with E-state index in [0.29, 0.717) is 18.7 Å². The van der Waals surface area contributed by atoms with E-state index >= 15 is 0 Å².